The Morgan fingerprint density at radius 1 is 1.05 bits per heavy atom. The molecule has 0 spiro atoms. The van der Waals surface area contributed by atoms with Gasteiger partial charge in [0.15, 0.2) is 0 Å². The van der Waals surface area contributed by atoms with Gasteiger partial charge in [0, 0.05) is 51.4 Å². The van der Waals surface area contributed by atoms with Crippen molar-refractivity contribution < 1.29 is 41.8 Å². The molecule has 10 nitrogen and oxygen atoms in total. The summed E-state index contributed by atoms with van der Waals surface area (Å²) in [5, 5.41) is 7.12. The molecule has 1 N–H and O–H groups in total. The highest BCUT2D eigenvalue weighted by Gasteiger charge is 2.55. The molecular weight excluding hydrogens is 509 g/mol. The summed E-state index contributed by atoms with van der Waals surface area (Å²) in [4.78, 5) is 46.5. The molecule has 0 aromatic carbocycles. The van der Waals surface area contributed by atoms with Crippen LogP contribution in [0.15, 0.2) is 47.4 Å². The molecule has 0 unspecified atom stereocenters. The predicted octanol–water partition coefficient (Wildman–Crippen LogP) is 2.53. The number of morpholine rings is 1. The van der Waals surface area contributed by atoms with E-state index >= 15 is 0 Å². The van der Waals surface area contributed by atoms with E-state index < -0.39 is 17.6 Å². The number of hydrogen-bond acceptors (Lipinski definition) is 7. The van der Waals surface area contributed by atoms with Crippen LogP contribution in [0.2, 0.25) is 0 Å². The lowest BCUT2D eigenvalue weighted by molar-refractivity contribution is -0.192. The minimum absolute atomic E-state index is 0.0281. The molecule has 3 saturated heterocycles. The Labute approximate surface area is 216 Å². The smallest absolute Gasteiger partial charge is 0.475 e. The van der Waals surface area contributed by atoms with Crippen LogP contribution in [0.3, 0.4) is 0 Å². The van der Waals surface area contributed by atoms with Gasteiger partial charge >= 0.3 is 12.1 Å². The molecule has 2 amide bonds. The van der Waals surface area contributed by atoms with E-state index in [1.807, 2.05) is 28.0 Å². The summed E-state index contributed by atoms with van der Waals surface area (Å²) in [6.45, 7) is 5.00. The predicted molar refractivity (Wildman–Crippen MR) is 127 cm³/mol. The zero-order valence-electron chi connectivity index (χ0n) is 20.6. The molecule has 3 fully saturated rings. The Balaban J connectivity index is 0.000000426. The van der Waals surface area contributed by atoms with Gasteiger partial charge in [-0.2, -0.15) is 13.2 Å². The van der Waals surface area contributed by atoms with Gasteiger partial charge in [-0.25, -0.2) is 9.78 Å². The summed E-state index contributed by atoms with van der Waals surface area (Å²) in [7, 11) is 0. The standard InChI is InChI=1S/C23H28N4O4.C2HF3O2/c28-21(18-5-11-31-16-18)26-8-3-6-23(22(29)25-9-12-30-13-10-25)17-27(15-19(23)14-26)20-4-1-2-7-24-20;3-2(4,5)1(6)7/h1-2,4-5,7,11,16,19H,3,6,8-10,12-15,17H2;(H,6,7)/t19-,23-;/m0./s1. The van der Waals surface area contributed by atoms with Gasteiger partial charge in [-0.1, -0.05) is 6.07 Å². The van der Waals surface area contributed by atoms with Crippen LogP contribution in [0.25, 0.3) is 0 Å². The summed E-state index contributed by atoms with van der Waals surface area (Å²) in [5.74, 6) is -1.65. The van der Waals surface area contributed by atoms with Gasteiger partial charge < -0.3 is 29.0 Å². The highest BCUT2D eigenvalue weighted by Crippen LogP contribution is 2.45. The van der Waals surface area contributed by atoms with Gasteiger partial charge in [-0.05, 0) is 31.0 Å². The molecule has 0 radical (unpaired) electrons. The Morgan fingerprint density at radius 2 is 1.79 bits per heavy atom. The number of halogens is 3. The van der Waals surface area contributed by atoms with E-state index in [0.29, 0.717) is 58.0 Å². The number of amides is 2. The lowest BCUT2D eigenvalue weighted by atomic mass is 9.73. The number of aliphatic carboxylic acids is 1. The molecule has 2 aromatic rings. The van der Waals surface area contributed by atoms with Gasteiger partial charge in [0.2, 0.25) is 5.91 Å². The summed E-state index contributed by atoms with van der Waals surface area (Å²) < 4.78 is 42.3. The molecule has 13 heteroatoms. The number of carboxylic acids is 1. The molecule has 0 bridgehead atoms. The number of nitrogens with zero attached hydrogens (tertiary/aromatic N) is 4. The normalized spacial score (nSPS) is 23.7. The minimum Gasteiger partial charge on any atom is -0.475 e. The van der Waals surface area contributed by atoms with Crippen LogP contribution < -0.4 is 4.90 Å². The number of furan rings is 1. The van der Waals surface area contributed by atoms with Gasteiger partial charge in [0.1, 0.15) is 12.1 Å². The van der Waals surface area contributed by atoms with Crippen LogP contribution in [-0.4, -0.2) is 96.3 Å². The highest BCUT2D eigenvalue weighted by atomic mass is 19.4. The van der Waals surface area contributed by atoms with Gasteiger partial charge in [-0.15, -0.1) is 0 Å². The van der Waals surface area contributed by atoms with E-state index in [1.165, 1.54) is 12.5 Å². The number of aromatic nitrogens is 1. The van der Waals surface area contributed by atoms with Crippen molar-refractivity contribution in [1.82, 2.24) is 14.8 Å². The number of hydrogen-bond donors (Lipinski definition) is 1. The number of rotatable bonds is 3. The second-order valence-electron chi connectivity index (χ2n) is 9.50. The number of pyridine rings is 1. The number of alkyl halides is 3. The van der Waals surface area contributed by atoms with Crippen molar-refractivity contribution in [2.75, 3.05) is 57.4 Å². The number of fused-ring (bicyclic) bond motifs is 1. The molecule has 206 valence electrons. The molecule has 38 heavy (non-hydrogen) atoms. The number of ether oxygens (including phenoxy) is 1. The molecule has 5 rings (SSSR count). The van der Waals surface area contributed by atoms with E-state index in [2.05, 4.69) is 9.88 Å². The van der Waals surface area contributed by atoms with E-state index in [-0.39, 0.29) is 17.7 Å². The summed E-state index contributed by atoms with van der Waals surface area (Å²) >= 11 is 0. The second kappa shape index (κ2) is 11.4. The number of carboxylic acid groups (broad SMARTS) is 1. The fraction of sp³-hybridized carbons (Fsp3) is 0.520. The monoisotopic (exact) mass is 538 g/mol. The summed E-state index contributed by atoms with van der Waals surface area (Å²) in [6, 6.07) is 7.57. The van der Waals surface area contributed by atoms with Crippen LogP contribution in [0.4, 0.5) is 19.0 Å². The number of anilines is 1. The third-order valence-electron chi connectivity index (χ3n) is 7.18. The van der Waals surface area contributed by atoms with Crippen LogP contribution in [0, 0.1) is 11.3 Å². The number of likely N-dealkylation sites (tertiary alicyclic amines) is 1. The van der Waals surface area contributed by atoms with Crippen molar-refractivity contribution in [2.45, 2.75) is 19.0 Å². The largest absolute Gasteiger partial charge is 0.490 e. The van der Waals surface area contributed by atoms with E-state index in [4.69, 9.17) is 19.1 Å². The molecule has 0 aliphatic carbocycles. The van der Waals surface area contributed by atoms with Crippen LogP contribution >= 0.6 is 0 Å². The molecule has 3 aliphatic rings. The average Bonchev–Trinajstić information content (AvgIpc) is 3.54. The maximum Gasteiger partial charge on any atom is 0.490 e. The lowest BCUT2D eigenvalue weighted by Crippen LogP contribution is -2.53. The summed E-state index contributed by atoms with van der Waals surface area (Å²) in [6.07, 6.45) is 1.29. The molecule has 5 heterocycles. The first-order chi connectivity index (χ1) is 18.1. The Bertz CT molecular complexity index is 1110. The fourth-order valence-electron chi connectivity index (χ4n) is 5.33. The first kappa shape index (κ1) is 27.4. The quantitative estimate of drug-likeness (QED) is 0.634. The topological polar surface area (TPSA) is 116 Å². The average molecular weight is 539 g/mol. The summed E-state index contributed by atoms with van der Waals surface area (Å²) in [5.41, 5.74) is 0.0480. The van der Waals surface area contributed by atoms with Crippen molar-refractivity contribution in [2.24, 2.45) is 11.3 Å². The van der Waals surface area contributed by atoms with Crippen molar-refractivity contribution in [3.8, 4) is 0 Å². The number of carbonyl (C=O) groups excluding carboxylic acids is 2. The zero-order chi connectivity index (χ0) is 27.3. The van der Waals surface area contributed by atoms with Crippen LogP contribution in [0.1, 0.15) is 23.2 Å². The van der Waals surface area contributed by atoms with Gasteiger partial charge in [0.05, 0.1) is 30.5 Å². The zero-order valence-corrected chi connectivity index (χ0v) is 20.6. The molecular formula is C25H29F3N4O6. The maximum absolute atomic E-state index is 13.9. The first-order valence-corrected chi connectivity index (χ1v) is 12.3. The van der Waals surface area contributed by atoms with Gasteiger partial charge in [0.25, 0.3) is 5.91 Å². The van der Waals surface area contributed by atoms with E-state index in [0.717, 1.165) is 18.7 Å². The van der Waals surface area contributed by atoms with Crippen LogP contribution in [0.5, 0.6) is 0 Å². The Morgan fingerprint density at radius 3 is 2.39 bits per heavy atom. The van der Waals surface area contributed by atoms with E-state index in [1.54, 1.807) is 12.3 Å². The number of carbonyl (C=O) groups is 3. The Kier molecular flexibility index (Phi) is 8.24. The third-order valence-corrected chi connectivity index (χ3v) is 7.18. The maximum atomic E-state index is 13.9. The third kappa shape index (κ3) is 5.93. The molecule has 3 aliphatic heterocycles. The van der Waals surface area contributed by atoms with Gasteiger partial charge in [-0.3, -0.25) is 9.59 Å². The molecule has 2 aromatic heterocycles. The lowest BCUT2D eigenvalue weighted by Gasteiger charge is -2.38. The Hall–Kier alpha value is -3.61. The van der Waals surface area contributed by atoms with Crippen molar-refractivity contribution in [3.05, 3.63) is 48.6 Å². The SMILES string of the molecule is O=C(O)C(F)(F)F.O=C(c1ccoc1)N1CCC[C@]2(C(=O)N3CCOCC3)CN(c3ccccn3)C[C@@H]2C1. The van der Waals surface area contributed by atoms with Crippen molar-refractivity contribution >= 4 is 23.6 Å². The molecule has 2 atom stereocenters. The van der Waals surface area contributed by atoms with Crippen molar-refractivity contribution in [3.63, 3.8) is 0 Å². The van der Waals surface area contributed by atoms with Crippen LogP contribution in [-0.2, 0) is 14.3 Å². The minimum atomic E-state index is -5.08. The molecule has 0 saturated carbocycles. The second-order valence-corrected chi connectivity index (χ2v) is 9.50. The van der Waals surface area contributed by atoms with E-state index in [9.17, 15) is 22.8 Å². The highest BCUT2D eigenvalue weighted by molar-refractivity contribution is 5.94. The first-order valence-electron chi connectivity index (χ1n) is 12.3. The van der Waals surface area contributed by atoms with Crippen molar-refractivity contribution in [1.29, 1.82) is 0 Å². The fourth-order valence-corrected chi connectivity index (χ4v) is 5.33.